The summed E-state index contributed by atoms with van der Waals surface area (Å²) in [6.45, 7) is -0.751. The largest absolute Gasteiger partial charge is 0.511 e. The van der Waals surface area contributed by atoms with Gasteiger partial charge in [-0.25, -0.2) is 9.59 Å². The normalized spacial score (nSPS) is 10.3. The number of rotatable bonds is 19. The van der Waals surface area contributed by atoms with E-state index in [1.54, 1.807) is 0 Å². The molecule has 0 unspecified atom stereocenters. The third-order valence-corrected chi connectivity index (χ3v) is 5.70. The summed E-state index contributed by atoms with van der Waals surface area (Å²) in [5, 5.41) is 0. The van der Waals surface area contributed by atoms with Gasteiger partial charge >= 0.3 is 24.2 Å². The van der Waals surface area contributed by atoms with Gasteiger partial charge in [-0.1, -0.05) is 99.2 Å². The highest BCUT2D eigenvalue weighted by atomic mass is 16.8. The van der Waals surface area contributed by atoms with Crippen molar-refractivity contribution in [3.05, 3.63) is 71.8 Å². The van der Waals surface area contributed by atoms with E-state index in [0.29, 0.717) is 12.8 Å². The summed E-state index contributed by atoms with van der Waals surface area (Å²) in [5.41, 5.74) is 1.67. The average Bonchev–Trinajstić information content (AvgIpc) is 2.97. The fraction of sp³-hybridized carbons (Fsp3) is 0.467. The zero-order valence-electron chi connectivity index (χ0n) is 22.8. The van der Waals surface area contributed by atoms with Gasteiger partial charge in [-0.05, 0) is 24.0 Å². The molecule has 0 fully saturated rings. The van der Waals surface area contributed by atoms with Crippen LogP contribution in [0.25, 0.3) is 0 Å². The molecule has 0 amide bonds. The minimum Gasteiger partial charge on any atom is -0.429 e. The molecule has 2 rings (SSSR count). The van der Waals surface area contributed by atoms with Crippen LogP contribution in [0, 0.1) is 0 Å². The fourth-order valence-corrected chi connectivity index (χ4v) is 3.55. The summed E-state index contributed by atoms with van der Waals surface area (Å²) >= 11 is 0. The molecule has 0 aliphatic rings. The number of esters is 2. The first-order valence-electron chi connectivity index (χ1n) is 13.5. The summed E-state index contributed by atoms with van der Waals surface area (Å²) in [7, 11) is 0. The Bertz CT molecular complexity index is 913. The van der Waals surface area contributed by atoms with Gasteiger partial charge in [0, 0.05) is 12.8 Å². The van der Waals surface area contributed by atoms with E-state index in [9.17, 15) is 19.2 Å². The van der Waals surface area contributed by atoms with Gasteiger partial charge in [-0.15, -0.1) is 0 Å². The lowest BCUT2D eigenvalue weighted by Gasteiger charge is -2.07. The van der Waals surface area contributed by atoms with E-state index >= 15 is 0 Å². The second kappa shape index (κ2) is 20.8. The molecule has 0 N–H and O–H groups in total. The highest BCUT2D eigenvalue weighted by Gasteiger charge is 2.09. The van der Waals surface area contributed by atoms with E-state index in [4.69, 9.17) is 28.4 Å². The minimum atomic E-state index is -0.890. The number of hydrogen-bond acceptors (Lipinski definition) is 10. The topological polar surface area (TPSA) is 124 Å². The first-order valence-corrected chi connectivity index (χ1v) is 13.5. The molecule has 0 spiro atoms. The Morgan fingerprint density at radius 3 is 1.15 bits per heavy atom. The predicted molar refractivity (Wildman–Crippen MR) is 144 cm³/mol. The van der Waals surface area contributed by atoms with Gasteiger partial charge in [0.15, 0.2) is 0 Å². The predicted octanol–water partition coefficient (Wildman–Crippen LogP) is 6.60. The Kier molecular flexibility index (Phi) is 16.7. The molecule has 0 aromatic heterocycles. The first-order chi connectivity index (χ1) is 19.5. The molecular weight excluding hydrogens is 520 g/mol. The molecule has 2 aromatic carbocycles. The van der Waals surface area contributed by atoms with Crippen LogP contribution in [0.1, 0.15) is 75.3 Å². The van der Waals surface area contributed by atoms with Crippen molar-refractivity contribution in [2.24, 2.45) is 0 Å². The third kappa shape index (κ3) is 16.7. The number of hydrogen-bond donors (Lipinski definition) is 0. The molecule has 40 heavy (non-hydrogen) atoms. The van der Waals surface area contributed by atoms with Crippen molar-refractivity contribution in [1.82, 2.24) is 0 Å². The molecule has 10 nitrogen and oxygen atoms in total. The lowest BCUT2D eigenvalue weighted by molar-refractivity contribution is -0.154. The van der Waals surface area contributed by atoms with Crippen molar-refractivity contribution in [2.75, 3.05) is 13.6 Å². The molecule has 0 radical (unpaired) electrons. The maximum Gasteiger partial charge on any atom is 0.511 e. The first kappa shape index (κ1) is 32.1. The van der Waals surface area contributed by atoms with Crippen molar-refractivity contribution in [3.8, 4) is 0 Å². The van der Waals surface area contributed by atoms with E-state index in [1.165, 1.54) is 0 Å². The summed E-state index contributed by atoms with van der Waals surface area (Å²) in [6, 6.07) is 18.4. The highest BCUT2D eigenvalue weighted by Crippen LogP contribution is 2.11. The monoisotopic (exact) mass is 558 g/mol. The number of benzene rings is 2. The van der Waals surface area contributed by atoms with E-state index < -0.39 is 37.8 Å². The van der Waals surface area contributed by atoms with Gasteiger partial charge in [0.05, 0.1) is 0 Å². The van der Waals surface area contributed by atoms with Crippen LogP contribution in [0.4, 0.5) is 9.59 Å². The minimum absolute atomic E-state index is 0.0885. The number of carbonyl (C=O) groups excluding carboxylic acids is 4. The van der Waals surface area contributed by atoms with Crippen LogP contribution in [0.15, 0.2) is 60.7 Å². The SMILES string of the molecule is O=C(CCCCCCCCCCC(=O)OCOC(=O)OCc1ccccc1)OCOC(=O)OCc1ccccc1. The second-order valence-electron chi connectivity index (χ2n) is 8.93. The number of carbonyl (C=O) groups is 4. The van der Waals surface area contributed by atoms with Gasteiger partial charge in [0.2, 0.25) is 13.6 Å². The van der Waals surface area contributed by atoms with Gasteiger partial charge in [-0.2, -0.15) is 0 Å². The van der Waals surface area contributed by atoms with Crippen LogP contribution in [0.2, 0.25) is 0 Å². The molecular formula is C30H38O10. The quantitative estimate of drug-likeness (QED) is 0.0806. The zero-order chi connectivity index (χ0) is 28.7. The molecule has 0 bridgehead atoms. The van der Waals surface area contributed by atoms with Crippen molar-refractivity contribution in [2.45, 2.75) is 77.4 Å². The molecule has 0 saturated carbocycles. The van der Waals surface area contributed by atoms with Crippen molar-refractivity contribution in [1.29, 1.82) is 0 Å². The van der Waals surface area contributed by atoms with Crippen LogP contribution < -0.4 is 0 Å². The number of ether oxygens (including phenoxy) is 6. The van der Waals surface area contributed by atoms with Gasteiger partial charge in [0.25, 0.3) is 0 Å². The standard InChI is InChI=1S/C30H38O10/c31-27(37-23-39-29(33)35-21-25-15-9-7-10-16-25)19-13-5-3-1-2-4-6-14-20-28(32)38-24-40-30(34)36-22-26-17-11-8-12-18-26/h7-12,15-18H,1-6,13-14,19-24H2. The maximum absolute atomic E-state index is 11.7. The Morgan fingerprint density at radius 2 is 0.775 bits per heavy atom. The van der Waals surface area contributed by atoms with Gasteiger partial charge in [0.1, 0.15) is 13.2 Å². The Labute approximate surface area is 234 Å². The smallest absolute Gasteiger partial charge is 0.429 e. The molecule has 0 saturated heterocycles. The Morgan fingerprint density at radius 1 is 0.425 bits per heavy atom. The lowest BCUT2D eigenvalue weighted by atomic mass is 10.1. The fourth-order valence-electron chi connectivity index (χ4n) is 3.55. The van der Waals surface area contributed by atoms with Crippen LogP contribution in [0.5, 0.6) is 0 Å². The van der Waals surface area contributed by atoms with E-state index in [-0.39, 0.29) is 26.1 Å². The van der Waals surface area contributed by atoms with Gasteiger partial charge < -0.3 is 28.4 Å². The van der Waals surface area contributed by atoms with E-state index in [2.05, 4.69) is 0 Å². The molecule has 0 aliphatic carbocycles. The van der Waals surface area contributed by atoms with Gasteiger partial charge in [-0.3, -0.25) is 9.59 Å². The van der Waals surface area contributed by atoms with Crippen LogP contribution in [-0.2, 0) is 51.2 Å². The molecule has 0 atom stereocenters. The van der Waals surface area contributed by atoms with Crippen molar-refractivity contribution in [3.63, 3.8) is 0 Å². The Hall–Kier alpha value is -4.08. The second-order valence-corrected chi connectivity index (χ2v) is 8.93. The molecule has 0 aliphatic heterocycles. The summed E-state index contributed by atoms with van der Waals surface area (Å²) in [4.78, 5) is 46.5. The average molecular weight is 559 g/mol. The summed E-state index contributed by atoms with van der Waals surface area (Å²) in [5.74, 6) is -0.838. The molecule has 218 valence electrons. The molecule has 10 heteroatoms. The van der Waals surface area contributed by atoms with Crippen LogP contribution >= 0.6 is 0 Å². The van der Waals surface area contributed by atoms with Crippen LogP contribution in [0.3, 0.4) is 0 Å². The zero-order valence-corrected chi connectivity index (χ0v) is 22.8. The number of unbranched alkanes of at least 4 members (excludes halogenated alkanes) is 7. The van der Waals surface area contributed by atoms with E-state index in [1.807, 2.05) is 60.7 Å². The van der Waals surface area contributed by atoms with Crippen LogP contribution in [-0.4, -0.2) is 37.8 Å². The highest BCUT2D eigenvalue weighted by molar-refractivity contribution is 5.69. The molecule has 2 aromatic rings. The maximum atomic E-state index is 11.7. The summed E-state index contributed by atoms with van der Waals surface area (Å²) < 4.78 is 29.1. The third-order valence-electron chi connectivity index (χ3n) is 5.70. The Balaban J connectivity index is 1.31. The summed E-state index contributed by atoms with van der Waals surface area (Å²) in [6.07, 6.45) is 6.01. The van der Waals surface area contributed by atoms with Crippen molar-refractivity contribution < 1.29 is 47.6 Å². The van der Waals surface area contributed by atoms with Crippen molar-refractivity contribution >= 4 is 24.2 Å². The molecule has 0 heterocycles. The van der Waals surface area contributed by atoms with E-state index in [0.717, 1.165) is 49.7 Å². The lowest BCUT2D eigenvalue weighted by Crippen LogP contribution is -2.13.